The highest BCUT2D eigenvalue weighted by Crippen LogP contribution is 2.65. The lowest BCUT2D eigenvalue weighted by molar-refractivity contribution is -0.440. The number of piperidine rings is 1. The van der Waals surface area contributed by atoms with Gasteiger partial charge in [-0.3, -0.25) is 0 Å². The summed E-state index contributed by atoms with van der Waals surface area (Å²) in [6, 6.07) is -10.3. The van der Waals surface area contributed by atoms with Crippen molar-refractivity contribution in [1.29, 1.82) is 0 Å². The SMILES string of the molecule is O=C(OCc1ccc([Si](CCC(F)(F)C(F)(F)C(F)(F)C(F)(F)C(F)(F)C(F)(F)F)(CCC(F)(F)C(F)(F)C(F)(F)C(F)(F)C(F)(F)C(F)(F)F)CCC(F)(F)C(F)(F)C(F)(F)C(F)(F)C(F)(F)C(F)(F)F)cc1)N1CCCCC1. The van der Waals surface area contributed by atoms with Crippen LogP contribution in [0, 0.1) is 0 Å². The molecule has 0 atom stereocenters. The first-order valence-electron chi connectivity index (χ1n) is 20.7. The molecule has 470 valence electrons. The van der Waals surface area contributed by atoms with Gasteiger partial charge in [-0.1, -0.05) is 29.5 Å². The Morgan fingerprint density at radius 1 is 0.350 bits per heavy atom. The Morgan fingerprint density at radius 2 is 0.588 bits per heavy atom. The van der Waals surface area contributed by atoms with Gasteiger partial charge in [0, 0.05) is 32.4 Å². The van der Waals surface area contributed by atoms with E-state index in [1.54, 1.807) is 0 Å². The number of likely N-dealkylation sites (tertiary alicyclic amines) is 1. The lowest BCUT2D eigenvalue weighted by Gasteiger charge is -2.43. The molecule has 43 heteroatoms. The van der Waals surface area contributed by atoms with Crippen LogP contribution in [-0.2, 0) is 11.3 Å². The maximum Gasteiger partial charge on any atom is 0.460 e. The van der Waals surface area contributed by atoms with Gasteiger partial charge in [-0.2, -0.15) is 171 Å². The van der Waals surface area contributed by atoms with Crippen molar-refractivity contribution in [2.24, 2.45) is 0 Å². The normalized spacial score (nSPS) is 17.1. The van der Waals surface area contributed by atoms with Gasteiger partial charge in [0.15, 0.2) is 0 Å². The second-order valence-electron chi connectivity index (χ2n) is 17.6. The van der Waals surface area contributed by atoms with Crippen LogP contribution in [0.3, 0.4) is 0 Å². The zero-order valence-electron chi connectivity index (χ0n) is 37.8. The Bertz CT molecular complexity index is 2090. The molecule has 0 bridgehead atoms. The van der Waals surface area contributed by atoms with Gasteiger partial charge in [-0.15, -0.1) is 0 Å². The molecule has 1 amide bonds. The van der Waals surface area contributed by atoms with Gasteiger partial charge in [-0.25, -0.2) is 4.79 Å². The number of carbonyl (C=O) groups excluding carboxylic acids is 1. The van der Waals surface area contributed by atoms with E-state index >= 15 is 26.3 Å². The molecule has 0 N–H and O–H groups in total. The summed E-state index contributed by atoms with van der Waals surface area (Å²) >= 11 is 0. The van der Waals surface area contributed by atoms with Crippen LogP contribution in [0.1, 0.15) is 44.1 Å². The maximum absolute atomic E-state index is 15.3. The molecule has 0 spiro atoms. The summed E-state index contributed by atoms with van der Waals surface area (Å²) < 4.78 is 552. The van der Waals surface area contributed by atoms with E-state index in [0.717, 1.165) is 4.90 Å². The average molecular weight is 1290 g/mol. The maximum atomic E-state index is 15.3. The molecule has 1 fully saturated rings. The highest BCUT2D eigenvalue weighted by molar-refractivity contribution is 6.92. The van der Waals surface area contributed by atoms with Gasteiger partial charge < -0.3 is 9.64 Å². The molecule has 0 aromatic heterocycles. The molecular weight excluding hydrogens is 1260 g/mol. The van der Waals surface area contributed by atoms with Crippen molar-refractivity contribution in [3.8, 4) is 0 Å². The molecule has 0 unspecified atom stereocenters. The molecule has 1 aliphatic heterocycles. The monoisotopic (exact) mass is 1290 g/mol. The number of rotatable bonds is 24. The summed E-state index contributed by atoms with van der Waals surface area (Å²) in [7, 11) is -7.18. The zero-order chi connectivity index (χ0) is 63.8. The smallest absolute Gasteiger partial charge is 0.445 e. The summed E-state index contributed by atoms with van der Waals surface area (Å²) in [6.45, 7) is -1.37. The molecular formula is C37H28F39NO2Si. The number of alkyl halides is 39. The Labute approximate surface area is 419 Å². The average Bonchev–Trinajstić information content (AvgIpc) is 3.29. The van der Waals surface area contributed by atoms with Crippen LogP contribution in [0.15, 0.2) is 24.3 Å². The molecule has 2 rings (SSSR count). The number of hydrogen-bond acceptors (Lipinski definition) is 2. The van der Waals surface area contributed by atoms with Crippen molar-refractivity contribution in [3.05, 3.63) is 29.8 Å². The Morgan fingerprint density at radius 3 is 0.825 bits per heavy atom. The standard InChI is InChI=1S/C37H28F39NO2Si/c38-20(39,23(44,45)26(50,51)29(56,57)32(62,63)35(68,69)70)8-13-80(18-6-4-17(5-7-18)16-79-19(78)77-11-2-1-3-12-77,14-9-21(40,41)24(46,47)27(52,53)30(58,59)33(64,65)36(71,72)73)15-10-22(42,43)25(48,49)28(54,55)31(60,61)34(66,67)37(74,75)76/h4-7H,1-3,8-16H2. The lowest BCUT2D eigenvalue weighted by atomic mass is 9.93. The van der Waals surface area contributed by atoms with Crippen LogP contribution in [0.25, 0.3) is 0 Å². The Kier molecular flexibility index (Phi) is 19.1. The van der Waals surface area contributed by atoms with Crippen LogP contribution in [0.4, 0.5) is 176 Å². The largest absolute Gasteiger partial charge is 0.460 e. The molecule has 1 saturated heterocycles. The number of nitrogens with zero attached hydrogens (tertiary/aromatic N) is 1. The molecule has 0 radical (unpaired) electrons. The topological polar surface area (TPSA) is 29.5 Å². The number of ether oxygens (including phenoxy) is 1. The molecule has 1 aliphatic rings. The fourth-order valence-corrected chi connectivity index (χ4v) is 12.0. The van der Waals surface area contributed by atoms with Crippen LogP contribution in [-0.4, -0.2) is 140 Å². The van der Waals surface area contributed by atoms with Gasteiger partial charge in [-0.05, 0) is 43.0 Å². The minimum Gasteiger partial charge on any atom is -0.445 e. The van der Waals surface area contributed by atoms with Crippen LogP contribution < -0.4 is 5.19 Å². The predicted octanol–water partition coefficient (Wildman–Crippen LogP) is 16.9. The highest BCUT2D eigenvalue weighted by Gasteiger charge is 2.93. The lowest BCUT2D eigenvalue weighted by Crippen LogP contribution is -2.70. The number of hydrogen-bond donors (Lipinski definition) is 0. The van der Waals surface area contributed by atoms with E-state index in [4.69, 9.17) is 4.74 Å². The van der Waals surface area contributed by atoms with Gasteiger partial charge in [0.2, 0.25) is 0 Å². The minimum absolute atomic E-state index is 0.0695. The third kappa shape index (κ3) is 11.5. The van der Waals surface area contributed by atoms with Gasteiger partial charge in [0.1, 0.15) is 6.61 Å². The Hall–Kier alpha value is -4.02. The molecule has 80 heavy (non-hydrogen) atoms. The molecule has 1 aromatic rings. The molecule has 0 saturated carbocycles. The first kappa shape index (κ1) is 72.1. The van der Waals surface area contributed by atoms with E-state index in [1.165, 1.54) is 0 Å². The van der Waals surface area contributed by atoms with Crippen molar-refractivity contribution in [2.75, 3.05) is 13.1 Å². The molecule has 1 heterocycles. The third-order valence-corrected chi connectivity index (χ3v) is 17.5. The summed E-state index contributed by atoms with van der Waals surface area (Å²) in [5.41, 5.74) is -0.750. The second-order valence-corrected chi connectivity index (χ2v) is 22.2. The van der Waals surface area contributed by atoms with E-state index in [0.29, 0.717) is 6.42 Å². The molecule has 0 aliphatic carbocycles. The van der Waals surface area contributed by atoms with E-state index in [-0.39, 0.29) is 50.2 Å². The zero-order valence-corrected chi connectivity index (χ0v) is 38.8. The summed E-state index contributed by atoms with van der Waals surface area (Å²) in [5.74, 6) is -128. The molecule has 1 aromatic carbocycles. The van der Waals surface area contributed by atoms with Crippen LogP contribution in [0.2, 0.25) is 18.1 Å². The number of carbonyl (C=O) groups is 1. The Balaban J connectivity index is 3.16. The number of amides is 1. The number of benzene rings is 1. The highest BCUT2D eigenvalue weighted by atomic mass is 28.3. The summed E-state index contributed by atoms with van der Waals surface area (Å²) in [6.07, 6.45) is -37.0. The third-order valence-electron chi connectivity index (χ3n) is 12.3. The van der Waals surface area contributed by atoms with Crippen molar-refractivity contribution < 1.29 is 181 Å². The van der Waals surface area contributed by atoms with Gasteiger partial charge >= 0.3 is 113 Å². The molecule has 3 nitrogen and oxygen atoms in total. The fraction of sp³-hybridized carbons (Fsp3) is 0.811. The quantitative estimate of drug-likeness (QED) is 0.0763. The number of halogens is 39. The van der Waals surface area contributed by atoms with Crippen molar-refractivity contribution in [1.82, 2.24) is 4.90 Å². The van der Waals surface area contributed by atoms with E-state index in [2.05, 4.69) is 0 Å². The van der Waals surface area contributed by atoms with Crippen molar-refractivity contribution >= 4 is 19.4 Å². The second kappa shape index (κ2) is 21.2. The predicted molar refractivity (Wildman–Crippen MR) is 188 cm³/mol. The van der Waals surface area contributed by atoms with Gasteiger partial charge in [0.05, 0.1) is 8.07 Å². The summed E-state index contributed by atoms with van der Waals surface area (Å²) in [5, 5.41) is -1.96. The van der Waals surface area contributed by atoms with Crippen molar-refractivity contribution in [2.45, 2.75) is 171 Å². The fourth-order valence-electron chi connectivity index (χ4n) is 7.14. The minimum atomic E-state index is -8.92. The first-order valence-corrected chi connectivity index (χ1v) is 23.3. The van der Waals surface area contributed by atoms with Crippen LogP contribution >= 0.6 is 0 Å². The van der Waals surface area contributed by atoms with Gasteiger partial charge in [0.25, 0.3) is 0 Å². The van der Waals surface area contributed by atoms with Crippen molar-refractivity contribution in [3.63, 3.8) is 0 Å². The first-order chi connectivity index (χ1) is 34.8. The van der Waals surface area contributed by atoms with E-state index in [9.17, 15) is 150 Å². The summed E-state index contributed by atoms with van der Waals surface area (Å²) in [4.78, 5) is 13.3. The van der Waals surface area contributed by atoms with E-state index in [1.807, 2.05) is 0 Å². The van der Waals surface area contributed by atoms with Crippen LogP contribution in [0.5, 0.6) is 0 Å². The van der Waals surface area contributed by atoms with E-state index < -0.39 is 176 Å².